The van der Waals surface area contributed by atoms with Gasteiger partial charge in [0.05, 0.1) is 21.8 Å². The van der Waals surface area contributed by atoms with Crippen LogP contribution in [0.4, 0.5) is 26.3 Å². The first-order chi connectivity index (χ1) is 12.0. The number of alkyl halides is 6. The van der Waals surface area contributed by atoms with E-state index in [0.717, 1.165) is 24.3 Å². The molecule has 0 bridgehead atoms. The van der Waals surface area contributed by atoms with E-state index in [9.17, 15) is 31.6 Å². The van der Waals surface area contributed by atoms with Gasteiger partial charge in [-0.1, -0.05) is 23.7 Å². The van der Waals surface area contributed by atoms with Gasteiger partial charge in [0.25, 0.3) is 0 Å². The fourth-order valence-corrected chi connectivity index (χ4v) is 2.74. The molecule has 140 valence electrons. The summed E-state index contributed by atoms with van der Waals surface area (Å²) in [5.74, 6) is 0. The first kappa shape index (κ1) is 20.1. The summed E-state index contributed by atoms with van der Waals surface area (Å²) in [7, 11) is 0. The molecule has 1 aromatic heterocycles. The van der Waals surface area contributed by atoms with Gasteiger partial charge in [0.2, 0.25) is 0 Å². The van der Waals surface area contributed by atoms with Gasteiger partial charge in [0.1, 0.15) is 18.5 Å². The molecule has 2 aromatic rings. The van der Waals surface area contributed by atoms with Gasteiger partial charge >= 0.3 is 12.4 Å². The third-order valence-electron chi connectivity index (χ3n) is 3.49. The number of nitrogens with zero attached hydrogens (tertiary/aromatic N) is 2. The summed E-state index contributed by atoms with van der Waals surface area (Å²) in [6, 6.07) is 4.99. The van der Waals surface area contributed by atoms with Gasteiger partial charge in [-0.25, -0.2) is 0 Å². The summed E-state index contributed by atoms with van der Waals surface area (Å²) in [6.07, 6.45) is -9.48. The number of rotatable bonds is 4. The van der Waals surface area contributed by atoms with Gasteiger partial charge in [0.15, 0.2) is 0 Å². The first-order valence-corrected chi connectivity index (χ1v) is 7.54. The molecule has 0 unspecified atom stereocenters. The molecular weight excluding hydrogens is 386 g/mol. The number of benzene rings is 1. The molecular formula is C16H11ClF6N2O. The highest BCUT2D eigenvalue weighted by molar-refractivity contribution is 6.33. The van der Waals surface area contributed by atoms with Crippen LogP contribution in [0, 0.1) is 11.3 Å². The molecule has 0 saturated heterocycles. The van der Waals surface area contributed by atoms with Crippen molar-refractivity contribution >= 4 is 11.6 Å². The summed E-state index contributed by atoms with van der Waals surface area (Å²) >= 11 is 5.75. The Balaban J connectivity index is 2.72. The molecule has 3 nitrogen and oxygen atoms in total. The van der Waals surface area contributed by atoms with Crippen LogP contribution in [0.25, 0.3) is 11.3 Å². The van der Waals surface area contributed by atoms with Gasteiger partial charge in [0, 0.05) is 6.61 Å². The standard InChI is InChI=1S/C16H11ClF6N2O/c1-2-26-8-25-13(9-3-5-10(6-4-9)15(18,19)20)11(7-24)12(17)14(25)16(21,22)23/h3-6H,2,8H2,1H3. The lowest BCUT2D eigenvalue weighted by Gasteiger charge is -2.16. The predicted octanol–water partition coefficient (Wildman–Crippen LogP) is 5.71. The number of nitriles is 1. The Morgan fingerprint density at radius 3 is 2.08 bits per heavy atom. The van der Waals surface area contributed by atoms with Crippen molar-refractivity contribution < 1.29 is 31.1 Å². The van der Waals surface area contributed by atoms with E-state index in [4.69, 9.17) is 16.3 Å². The smallest absolute Gasteiger partial charge is 0.361 e. The van der Waals surface area contributed by atoms with Gasteiger partial charge in [-0.15, -0.1) is 0 Å². The minimum Gasteiger partial charge on any atom is -0.361 e. The number of hydrogen-bond donors (Lipinski definition) is 0. The van der Waals surface area contributed by atoms with Crippen LogP contribution in [-0.4, -0.2) is 11.2 Å². The maximum Gasteiger partial charge on any atom is 0.433 e. The molecule has 0 aliphatic carbocycles. The normalized spacial score (nSPS) is 12.3. The van der Waals surface area contributed by atoms with Crippen molar-refractivity contribution in [1.82, 2.24) is 4.57 Å². The van der Waals surface area contributed by atoms with E-state index in [2.05, 4.69) is 0 Å². The maximum atomic E-state index is 13.4. The van der Waals surface area contributed by atoms with Crippen LogP contribution in [0.1, 0.15) is 23.7 Å². The van der Waals surface area contributed by atoms with E-state index in [0.29, 0.717) is 4.57 Å². The first-order valence-electron chi connectivity index (χ1n) is 7.17. The maximum absolute atomic E-state index is 13.4. The van der Waals surface area contributed by atoms with E-state index in [1.807, 2.05) is 0 Å². The highest BCUT2D eigenvalue weighted by Gasteiger charge is 2.41. The topological polar surface area (TPSA) is 38.0 Å². The Bertz CT molecular complexity index is 831. The van der Waals surface area contributed by atoms with Crippen molar-refractivity contribution in [3.8, 4) is 17.3 Å². The van der Waals surface area contributed by atoms with Crippen LogP contribution >= 0.6 is 11.6 Å². The van der Waals surface area contributed by atoms with Gasteiger partial charge in [-0.05, 0) is 24.6 Å². The molecule has 0 radical (unpaired) electrons. The molecule has 0 amide bonds. The molecule has 0 aliphatic rings. The van der Waals surface area contributed by atoms with Crippen molar-refractivity contribution in [2.24, 2.45) is 0 Å². The van der Waals surface area contributed by atoms with Gasteiger partial charge in [-0.2, -0.15) is 31.6 Å². The Kier molecular flexibility index (Phi) is 5.58. The number of halogens is 7. The molecule has 0 aliphatic heterocycles. The van der Waals surface area contributed by atoms with E-state index in [-0.39, 0.29) is 17.9 Å². The van der Waals surface area contributed by atoms with E-state index < -0.39 is 40.9 Å². The predicted molar refractivity (Wildman–Crippen MR) is 81.2 cm³/mol. The van der Waals surface area contributed by atoms with Crippen LogP contribution in [0.15, 0.2) is 24.3 Å². The number of ether oxygens (including phenoxy) is 1. The fraction of sp³-hybridized carbons (Fsp3) is 0.312. The van der Waals surface area contributed by atoms with Crippen LogP contribution in [0.5, 0.6) is 0 Å². The van der Waals surface area contributed by atoms with Crippen LogP contribution in [-0.2, 0) is 23.8 Å². The zero-order valence-electron chi connectivity index (χ0n) is 13.2. The number of aromatic nitrogens is 1. The van der Waals surface area contributed by atoms with Gasteiger partial charge in [-0.3, -0.25) is 0 Å². The van der Waals surface area contributed by atoms with Crippen molar-refractivity contribution in [1.29, 1.82) is 5.26 Å². The van der Waals surface area contributed by atoms with Crippen molar-refractivity contribution in [3.05, 3.63) is 46.1 Å². The monoisotopic (exact) mass is 396 g/mol. The number of hydrogen-bond acceptors (Lipinski definition) is 2. The van der Waals surface area contributed by atoms with E-state index >= 15 is 0 Å². The quantitative estimate of drug-likeness (QED) is 0.621. The molecule has 0 N–H and O–H groups in total. The molecule has 0 spiro atoms. The average molecular weight is 397 g/mol. The molecule has 10 heteroatoms. The third kappa shape index (κ3) is 3.81. The second-order valence-corrected chi connectivity index (χ2v) is 5.50. The highest BCUT2D eigenvalue weighted by Crippen LogP contribution is 2.43. The highest BCUT2D eigenvalue weighted by atomic mass is 35.5. The second kappa shape index (κ2) is 7.21. The summed E-state index contributed by atoms with van der Waals surface area (Å²) in [6.45, 7) is 1.08. The Morgan fingerprint density at radius 2 is 1.65 bits per heavy atom. The van der Waals surface area contributed by atoms with Gasteiger partial charge < -0.3 is 9.30 Å². The zero-order chi connectivity index (χ0) is 19.7. The minimum atomic E-state index is -4.88. The Labute approximate surface area is 149 Å². The van der Waals surface area contributed by atoms with Crippen LogP contribution in [0.2, 0.25) is 5.02 Å². The molecule has 26 heavy (non-hydrogen) atoms. The molecule has 0 fully saturated rings. The fourth-order valence-electron chi connectivity index (χ4n) is 2.40. The third-order valence-corrected chi connectivity index (χ3v) is 3.86. The zero-order valence-corrected chi connectivity index (χ0v) is 13.9. The lowest BCUT2D eigenvalue weighted by atomic mass is 10.1. The minimum absolute atomic E-state index is 0.0216. The van der Waals surface area contributed by atoms with E-state index in [1.165, 1.54) is 0 Å². The SMILES string of the molecule is CCOCn1c(-c2ccc(C(F)(F)F)cc2)c(C#N)c(Cl)c1C(F)(F)F. The Morgan fingerprint density at radius 1 is 1.08 bits per heavy atom. The summed E-state index contributed by atoms with van der Waals surface area (Å²) in [4.78, 5) is 0. The van der Waals surface area contributed by atoms with Crippen LogP contribution in [0.3, 0.4) is 0 Å². The van der Waals surface area contributed by atoms with Crippen molar-refractivity contribution in [2.45, 2.75) is 26.0 Å². The van der Waals surface area contributed by atoms with E-state index in [1.54, 1.807) is 13.0 Å². The molecule has 0 atom stereocenters. The molecule has 1 aromatic carbocycles. The average Bonchev–Trinajstić information content (AvgIpc) is 2.83. The second-order valence-electron chi connectivity index (χ2n) is 5.12. The van der Waals surface area contributed by atoms with Crippen LogP contribution < -0.4 is 0 Å². The largest absolute Gasteiger partial charge is 0.433 e. The van der Waals surface area contributed by atoms with Crippen molar-refractivity contribution in [3.63, 3.8) is 0 Å². The molecule has 0 saturated carbocycles. The Hall–Kier alpha value is -2.18. The molecule has 1 heterocycles. The van der Waals surface area contributed by atoms with Crippen molar-refractivity contribution in [2.75, 3.05) is 6.61 Å². The summed E-state index contributed by atoms with van der Waals surface area (Å²) in [5, 5.41) is 8.41. The lowest BCUT2D eigenvalue weighted by molar-refractivity contribution is -0.145. The summed E-state index contributed by atoms with van der Waals surface area (Å²) in [5.41, 5.74) is -3.03. The lowest BCUT2D eigenvalue weighted by Crippen LogP contribution is -2.16. The summed E-state index contributed by atoms with van der Waals surface area (Å²) < 4.78 is 83.9. The molecule has 2 rings (SSSR count).